The van der Waals surface area contributed by atoms with Crippen molar-refractivity contribution in [2.24, 2.45) is 0 Å². The maximum atomic E-state index is 12.6. The highest BCUT2D eigenvalue weighted by Gasteiger charge is 2.17. The Kier molecular flexibility index (Phi) is 5.33. The van der Waals surface area contributed by atoms with E-state index in [-0.39, 0.29) is 33.4 Å². The number of rotatable bonds is 6. The number of phenolic OH excluding ortho intramolecular Hbond substituents is 1. The maximum Gasteiger partial charge on any atom is 0.335 e. The predicted octanol–water partition coefficient (Wildman–Crippen LogP) is 2.91. The van der Waals surface area contributed by atoms with Crippen LogP contribution in [0.4, 0.5) is 5.82 Å². The molecule has 3 N–H and O–H groups in total. The zero-order chi connectivity index (χ0) is 22.9. The second kappa shape index (κ2) is 8.12. The molecule has 2 heterocycles. The molecule has 0 saturated heterocycles. The molecule has 0 spiro atoms. The maximum absolute atomic E-state index is 12.6. The van der Waals surface area contributed by atoms with Crippen molar-refractivity contribution in [2.45, 2.75) is 4.90 Å². The molecular formula is C21H16N4O6S. The number of ether oxygens (including phenoxy) is 1. The number of methoxy groups -OCH3 is 1. The number of hydrogen-bond donors (Lipinski definition) is 3. The van der Waals surface area contributed by atoms with Crippen LogP contribution in [0.25, 0.3) is 22.4 Å². The zero-order valence-corrected chi connectivity index (χ0v) is 17.4. The molecule has 2 aromatic carbocycles. The topological polar surface area (TPSA) is 152 Å². The Labute approximate surface area is 182 Å². The number of benzene rings is 2. The number of pyridine rings is 1. The van der Waals surface area contributed by atoms with Crippen LogP contribution in [-0.4, -0.2) is 46.7 Å². The Morgan fingerprint density at radius 3 is 2.47 bits per heavy atom. The molecule has 0 aliphatic rings. The Hall–Kier alpha value is -4.25. The molecule has 2 aromatic heterocycles. The standard InChI is InChI=1S/C21H16N4O6S/c1-31-18-10-13(4-9-17(18)26)15-7-8-16-20(23-15)24-19(11-22-16)25-32(29,30)14-5-2-12(3-6-14)21(27)28/h2-11,26H,1H3,(H,27,28)(H,23,24,25). The van der Waals surface area contributed by atoms with Gasteiger partial charge in [0.25, 0.3) is 10.0 Å². The van der Waals surface area contributed by atoms with Gasteiger partial charge in [0.15, 0.2) is 23.0 Å². The molecule has 0 atom stereocenters. The van der Waals surface area contributed by atoms with E-state index in [1.807, 2.05) is 0 Å². The summed E-state index contributed by atoms with van der Waals surface area (Å²) < 4.78 is 32.7. The number of aromatic carboxylic acids is 1. The first-order valence-corrected chi connectivity index (χ1v) is 10.6. The second-order valence-corrected chi connectivity index (χ2v) is 8.30. The number of fused-ring (bicyclic) bond motifs is 1. The van der Waals surface area contributed by atoms with Crippen molar-refractivity contribution < 1.29 is 28.2 Å². The molecule has 4 aromatic rings. The monoisotopic (exact) mass is 452 g/mol. The van der Waals surface area contributed by atoms with E-state index in [1.165, 1.54) is 43.6 Å². The number of aromatic nitrogens is 3. The van der Waals surface area contributed by atoms with Crippen LogP contribution in [-0.2, 0) is 10.0 Å². The average Bonchev–Trinajstić information content (AvgIpc) is 2.78. The summed E-state index contributed by atoms with van der Waals surface area (Å²) in [5.41, 5.74) is 1.81. The van der Waals surface area contributed by atoms with E-state index in [1.54, 1.807) is 24.3 Å². The first-order valence-electron chi connectivity index (χ1n) is 9.14. The molecule has 11 heteroatoms. The van der Waals surface area contributed by atoms with Crippen LogP contribution in [0, 0.1) is 0 Å². The minimum Gasteiger partial charge on any atom is -0.504 e. The number of carbonyl (C=O) groups is 1. The number of nitrogens with one attached hydrogen (secondary N) is 1. The number of sulfonamides is 1. The van der Waals surface area contributed by atoms with Gasteiger partial charge < -0.3 is 14.9 Å². The number of phenols is 1. The van der Waals surface area contributed by atoms with Gasteiger partial charge in [-0.1, -0.05) is 0 Å². The van der Waals surface area contributed by atoms with Crippen LogP contribution in [0.15, 0.2) is 65.7 Å². The van der Waals surface area contributed by atoms with E-state index in [9.17, 15) is 18.3 Å². The van der Waals surface area contributed by atoms with Gasteiger partial charge in [-0.05, 0) is 54.6 Å². The summed E-state index contributed by atoms with van der Waals surface area (Å²) in [6, 6.07) is 12.9. The van der Waals surface area contributed by atoms with Gasteiger partial charge in [-0.3, -0.25) is 4.72 Å². The lowest BCUT2D eigenvalue weighted by Crippen LogP contribution is -2.14. The van der Waals surface area contributed by atoms with E-state index in [0.717, 1.165) is 0 Å². The Morgan fingerprint density at radius 1 is 1.03 bits per heavy atom. The van der Waals surface area contributed by atoms with Gasteiger partial charge in [0.1, 0.15) is 5.52 Å². The SMILES string of the molecule is COc1cc(-c2ccc3ncc(NS(=O)(=O)c4ccc(C(=O)O)cc4)nc3n2)ccc1O. The highest BCUT2D eigenvalue weighted by molar-refractivity contribution is 7.92. The van der Waals surface area contributed by atoms with Crippen molar-refractivity contribution in [3.8, 4) is 22.8 Å². The fraction of sp³-hybridized carbons (Fsp3) is 0.0476. The molecule has 0 aliphatic heterocycles. The van der Waals surface area contributed by atoms with Crippen molar-refractivity contribution >= 4 is 33.0 Å². The van der Waals surface area contributed by atoms with Crippen LogP contribution >= 0.6 is 0 Å². The van der Waals surface area contributed by atoms with Crippen molar-refractivity contribution in [1.82, 2.24) is 15.0 Å². The van der Waals surface area contributed by atoms with Gasteiger partial charge in [-0.25, -0.2) is 28.2 Å². The van der Waals surface area contributed by atoms with E-state index in [4.69, 9.17) is 9.84 Å². The molecule has 4 rings (SSSR count). The number of aromatic hydroxyl groups is 1. The van der Waals surface area contributed by atoms with E-state index in [0.29, 0.717) is 16.8 Å². The Morgan fingerprint density at radius 2 is 1.78 bits per heavy atom. The summed E-state index contributed by atoms with van der Waals surface area (Å²) in [5, 5.41) is 18.7. The Balaban J connectivity index is 1.66. The van der Waals surface area contributed by atoms with E-state index >= 15 is 0 Å². The van der Waals surface area contributed by atoms with Gasteiger partial charge in [-0.2, -0.15) is 0 Å². The summed E-state index contributed by atoms with van der Waals surface area (Å²) in [6.45, 7) is 0. The zero-order valence-electron chi connectivity index (χ0n) is 16.6. The summed E-state index contributed by atoms with van der Waals surface area (Å²) in [7, 11) is -2.58. The summed E-state index contributed by atoms with van der Waals surface area (Å²) in [5.74, 6) is -0.931. The first-order chi connectivity index (χ1) is 15.3. The lowest BCUT2D eigenvalue weighted by molar-refractivity contribution is 0.0696. The Bertz CT molecular complexity index is 1440. The number of carboxylic acids is 1. The largest absolute Gasteiger partial charge is 0.504 e. The van der Waals surface area contributed by atoms with E-state index < -0.39 is 16.0 Å². The fourth-order valence-electron chi connectivity index (χ4n) is 2.92. The molecule has 0 fully saturated rings. The van der Waals surface area contributed by atoms with Crippen LogP contribution < -0.4 is 9.46 Å². The molecule has 0 radical (unpaired) electrons. The van der Waals surface area contributed by atoms with Crippen molar-refractivity contribution in [2.75, 3.05) is 11.8 Å². The molecule has 32 heavy (non-hydrogen) atoms. The van der Waals surface area contributed by atoms with Crippen molar-refractivity contribution in [3.63, 3.8) is 0 Å². The lowest BCUT2D eigenvalue weighted by atomic mass is 10.1. The number of hydrogen-bond acceptors (Lipinski definition) is 8. The molecular weight excluding hydrogens is 436 g/mol. The van der Waals surface area contributed by atoms with Gasteiger partial charge in [0.05, 0.1) is 29.5 Å². The van der Waals surface area contributed by atoms with Crippen molar-refractivity contribution in [1.29, 1.82) is 0 Å². The van der Waals surface area contributed by atoms with Crippen molar-refractivity contribution in [3.05, 3.63) is 66.4 Å². The van der Waals surface area contributed by atoms with Gasteiger partial charge >= 0.3 is 5.97 Å². The van der Waals surface area contributed by atoms with E-state index in [2.05, 4.69) is 19.7 Å². The van der Waals surface area contributed by atoms with Gasteiger partial charge in [0, 0.05) is 5.56 Å². The van der Waals surface area contributed by atoms with Crippen LogP contribution in [0.1, 0.15) is 10.4 Å². The molecule has 0 saturated carbocycles. The lowest BCUT2D eigenvalue weighted by Gasteiger charge is -2.09. The van der Waals surface area contributed by atoms with Gasteiger partial charge in [0.2, 0.25) is 0 Å². The minimum absolute atomic E-state index is 0.00934. The second-order valence-electron chi connectivity index (χ2n) is 6.62. The quantitative estimate of drug-likeness (QED) is 0.401. The summed E-state index contributed by atoms with van der Waals surface area (Å²) in [6.07, 6.45) is 1.26. The van der Waals surface area contributed by atoms with Crippen LogP contribution in [0.2, 0.25) is 0 Å². The summed E-state index contributed by atoms with van der Waals surface area (Å²) in [4.78, 5) is 23.7. The molecule has 0 amide bonds. The number of carboxylic acid groups (broad SMARTS) is 1. The third-order valence-electron chi connectivity index (χ3n) is 4.53. The predicted molar refractivity (Wildman–Crippen MR) is 115 cm³/mol. The molecule has 162 valence electrons. The normalized spacial score (nSPS) is 11.3. The minimum atomic E-state index is -4.02. The molecule has 0 aliphatic carbocycles. The summed E-state index contributed by atoms with van der Waals surface area (Å²) >= 11 is 0. The third-order valence-corrected chi connectivity index (χ3v) is 5.90. The van der Waals surface area contributed by atoms with Gasteiger partial charge in [-0.15, -0.1) is 0 Å². The highest BCUT2D eigenvalue weighted by atomic mass is 32.2. The molecule has 0 unspecified atom stereocenters. The van der Waals surface area contributed by atoms with Crippen LogP contribution in [0.5, 0.6) is 11.5 Å². The first kappa shape index (κ1) is 21.0. The molecule has 0 bridgehead atoms. The average molecular weight is 452 g/mol. The number of anilines is 1. The third kappa shape index (κ3) is 4.14. The van der Waals surface area contributed by atoms with Crippen LogP contribution in [0.3, 0.4) is 0 Å². The number of nitrogens with zero attached hydrogens (tertiary/aromatic N) is 3. The smallest absolute Gasteiger partial charge is 0.335 e. The highest BCUT2D eigenvalue weighted by Crippen LogP contribution is 2.31. The fourth-order valence-corrected chi connectivity index (χ4v) is 3.90. The molecule has 10 nitrogen and oxygen atoms in total.